The molecule has 1 atom stereocenters. The van der Waals surface area contributed by atoms with Gasteiger partial charge in [0.15, 0.2) is 5.13 Å². The van der Waals surface area contributed by atoms with E-state index in [-0.39, 0.29) is 17.5 Å². The number of hydrogen-bond acceptors (Lipinski definition) is 7. The Morgan fingerprint density at radius 3 is 2.31 bits per heavy atom. The van der Waals surface area contributed by atoms with Crippen LogP contribution in [-0.4, -0.2) is 21.7 Å². The largest absolute Gasteiger partial charge is 0.323 e. The highest BCUT2D eigenvalue weighted by molar-refractivity contribution is 8.00. The lowest BCUT2D eigenvalue weighted by Gasteiger charge is -2.16. The second-order valence-electron chi connectivity index (χ2n) is 9.00. The van der Waals surface area contributed by atoms with Crippen molar-refractivity contribution in [3.8, 4) is 11.3 Å². The van der Waals surface area contributed by atoms with Gasteiger partial charge in [0.2, 0.25) is 11.8 Å². The lowest BCUT2D eigenvalue weighted by Crippen LogP contribution is -2.19. The van der Waals surface area contributed by atoms with E-state index in [0.717, 1.165) is 16.0 Å². The van der Waals surface area contributed by atoms with Crippen LogP contribution in [0.2, 0.25) is 0 Å². The molecule has 10 heteroatoms. The Hall–Kier alpha value is -5.06. The summed E-state index contributed by atoms with van der Waals surface area (Å²) in [5.41, 5.74) is 3.50. The lowest BCUT2D eigenvalue weighted by atomic mass is 10.1. The van der Waals surface area contributed by atoms with E-state index in [4.69, 9.17) is 0 Å². The number of amides is 2. The highest BCUT2D eigenvalue weighted by atomic mass is 32.2. The minimum Gasteiger partial charge on any atom is -0.323 e. The predicted molar refractivity (Wildman–Crippen MR) is 168 cm³/mol. The number of rotatable bonds is 10. The van der Waals surface area contributed by atoms with E-state index in [2.05, 4.69) is 15.6 Å². The summed E-state index contributed by atoms with van der Waals surface area (Å²) in [6.45, 7) is 0. The molecule has 0 saturated heterocycles. The van der Waals surface area contributed by atoms with Crippen LogP contribution in [0.15, 0.2) is 126 Å². The Balaban J connectivity index is 1.27. The maximum Gasteiger partial charge on any atom is 0.270 e. The highest BCUT2D eigenvalue weighted by Gasteiger charge is 2.23. The van der Waals surface area contributed by atoms with Crippen molar-refractivity contribution < 1.29 is 14.5 Å². The zero-order valence-electron chi connectivity index (χ0n) is 22.0. The lowest BCUT2D eigenvalue weighted by molar-refractivity contribution is -0.384. The quantitative estimate of drug-likeness (QED) is 0.0739. The third kappa shape index (κ3) is 7.57. The Bertz CT molecular complexity index is 1720. The standard InChI is InChI=1S/C32H24N4O4S2/c37-29(19-14-22-8-3-1-4-9-22)33-25-15-17-27(18-16-25)42-30(23-10-5-2-6-11-23)31(38)35-32-34-28(21-41-32)24-12-7-13-26(20-24)36(39)40/h1-21,30H,(H,33,37)(H,34,35,38)/b19-14+. The Labute approximate surface area is 250 Å². The number of benzene rings is 4. The maximum atomic E-state index is 13.5. The number of nitro benzene ring substituents is 1. The first-order valence-corrected chi connectivity index (χ1v) is 14.6. The molecule has 1 unspecified atom stereocenters. The topological polar surface area (TPSA) is 114 Å². The molecule has 208 valence electrons. The number of hydrogen-bond donors (Lipinski definition) is 2. The van der Waals surface area contributed by atoms with Gasteiger partial charge >= 0.3 is 0 Å². The number of nitrogens with zero attached hydrogens (tertiary/aromatic N) is 2. The van der Waals surface area contributed by atoms with Gasteiger partial charge in [0.1, 0.15) is 5.25 Å². The van der Waals surface area contributed by atoms with Gasteiger partial charge in [0.05, 0.1) is 10.6 Å². The highest BCUT2D eigenvalue weighted by Crippen LogP contribution is 2.37. The zero-order chi connectivity index (χ0) is 29.3. The van der Waals surface area contributed by atoms with Gasteiger partial charge in [-0.3, -0.25) is 19.7 Å². The average Bonchev–Trinajstić information content (AvgIpc) is 3.49. The van der Waals surface area contributed by atoms with Crippen molar-refractivity contribution in [3.63, 3.8) is 0 Å². The van der Waals surface area contributed by atoms with Crippen LogP contribution in [0.5, 0.6) is 0 Å². The first-order valence-electron chi connectivity index (χ1n) is 12.8. The van der Waals surface area contributed by atoms with Crippen LogP contribution in [0.3, 0.4) is 0 Å². The third-order valence-corrected chi connectivity index (χ3v) is 8.05. The molecule has 0 saturated carbocycles. The van der Waals surface area contributed by atoms with Crippen LogP contribution in [0.25, 0.3) is 17.3 Å². The number of non-ortho nitro benzene ring substituents is 1. The normalized spacial score (nSPS) is 11.6. The summed E-state index contributed by atoms with van der Waals surface area (Å²) >= 11 is 2.62. The van der Waals surface area contributed by atoms with Crippen molar-refractivity contribution in [3.05, 3.63) is 142 Å². The molecular weight excluding hydrogens is 569 g/mol. The van der Waals surface area contributed by atoms with Crippen molar-refractivity contribution in [2.75, 3.05) is 10.6 Å². The fourth-order valence-corrected chi connectivity index (χ4v) is 5.73. The summed E-state index contributed by atoms with van der Waals surface area (Å²) < 4.78 is 0. The fraction of sp³-hybridized carbons (Fsp3) is 0.0312. The molecule has 2 N–H and O–H groups in total. The van der Waals surface area contributed by atoms with Gasteiger partial charge < -0.3 is 10.6 Å². The fourth-order valence-electron chi connectivity index (χ4n) is 3.99. The number of thioether (sulfide) groups is 1. The van der Waals surface area contributed by atoms with E-state index in [1.807, 2.05) is 72.8 Å². The summed E-state index contributed by atoms with van der Waals surface area (Å²) in [5.74, 6) is -0.497. The van der Waals surface area contributed by atoms with Gasteiger partial charge in [-0.05, 0) is 41.5 Å². The molecule has 0 radical (unpaired) electrons. The Morgan fingerprint density at radius 2 is 1.60 bits per heavy atom. The molecule has 5 aromatic rings. The second kappa shape index (κ2) is 13.5. The first-order chi connectivity index (χ1) is 20.4. The van der Waals surface area contributed by atoms with E-state index in [1.165, 1.54) is 41.3 Å². The van der Waals surface area contributed by atoms with Gasteiger partial charge in [-0.2, -0.15) is 0 Å². The van der Waals surface area contributed by atoms with Crippen molar-refractivity contribution in [1.29, 1.82) is 0 Å². The first kappa shape index (κ1) is 28.5. The van der Waals surface area contributed by atoms with Crippen LogP contribution < -0.4 is 10.6 Å². The smallest absolute Gasteiger partial charge is 0.270 e. The molecule has 8 nitrogen and oxygen atoms in total. The molecule has 0 fully saturated rings. The second-order valence-corrected chi connectivity index (χ2v) is 11.0. The van der Waals surface area contributed by atoms with Crippen LogP contribution >= 0.6 is 23.1 Å². The number of carbonyl (C=O) groups excluding carboxylic acids is 2. The van der Waals surface area contributed by atoms with Gasteiger partial charge in [0.25, 0.3) is 5.69 Å². The third-order valence-electron chi connectivity index (χ3n) is 6.03. The summed E-state index contributed by atoms with van der Waals surface area (Å²) in [6, 6.07) is 32.5. The van der Waals surface area contributed by atoms with Gasteiger partial charge in [-0.25, -0.2) is 4.98 Å². The van der Waals surface area contributed by atoms with Crippen molar-refractivity contribution in [2.24, 2.45) is 0 Å². The van der Waals surface area contributed by atoms with E-state index in [0.29, 0.717) is 22.1 Å². The molecular formula is C32H24N4O4S2. The molecule has 0 bridgehead atoms. The molecule has 4 aromatic carbocycles. The number of thiazole rings is 1. The van der Waals surface area contributed by atoms with Gasteiger partial charge in [-0.15, -0.1) is 23.1 Å². The molecule has 0 aliphatic heterocycles. The van der Waals surface area contributed by atoms with Crippen LogP contribution in [0, 0.1) is 10.1 Å². The van der Waals surface area contributed by atoms with Crippen LogP contribution in [0.1, 0.15) is 16.4 Å². The molecule has 5 rings (SSSR count). The molecule has 42 heavy (non-hydrogen) atoms. The molecule has 0 aliphatic carbocycles. The number of aromatic nitrogens is 1. The summed E-state index contributed by atoms with van der Waals surface area (Å²) in [7, 11) is 0. The van der Waals surface area contributed by atoms with Crippen LogP contribution in [0.4, 0.5) is 16.5 Å². The monoisotopic (exact) mass is 592 g/mol. The summed E-state index contributed by atoms with van der Waals surface area (Å²) in [4.78, 5) is 41.8. The number of anilines is 2. The Kier molecular flexibility index (Phi) is 9.17. The minimum absolute atomic E-state index is 0.0270. The molecule has 1 aromatic heterocycles. The number of nitro groups is 1. The van der Waals surface area contributed by atoms with E-state index >= 15 is 0 Å². The van der Waals surface area contributed by atoms with Crippen molar-refractivity contribution in [1.82, 2.24) is 4.98 Å². The SMILES string of the molecule is O=C(/C=C/c1ccccc1)Nc1ccc(SC(C(=O)Nc2nc(-c3cccc([N+](=O)[O-])c3)cs2)c2ccccc2)cc1. The van der Waals surface area contributed by atoms with Gasteiger partial charge in [-0.1, -0.05) is 72.8 Å². The van der Waals surface area contributed by atoms with Gasteiger partial charge in [0, 0.05) is 39.7 Å². The molecule has 0 spiro atoms. The minimum atomic E-state index is -0.578. The molecule has 0 aliphatic rings. The Morgan fingerprint density at radius 1 is 0.881 bits per heavy atom. The average molecular weight is 593 g/mol. The number of carbonyl (C=O) groups is 2. The van der Waals surface area contributed by atoms with Crippen LogP contribution in [-0.2, 0) is 9.59 Å². The summed E-state index contributed by atoms with van der Waals surface area (Å²) in [6.07, 6.45) is 3.23. The zero-order valence-corrected chi connectivity index (χ0v) is 23.7. The van der Waals surface area contributed by atoms with Crippen molar-refractivity contribution >= 4 is 57.5 Å². The van der Waals surface area contributed by atoms with E-state index in [1.54, 1.807) is 35.7 Å². The maximum absolute atomic E-state index is 13.5. The molecule has 2 amide bonds. The van der Waals surface area contributed by atoms with E-state index < -0.39 is 10.2 Å². The molecule has 1 heterocycles. The van der Waals surface area contributed by atoms with Crippen molar-refractivity contribution in [2.45, 2.75) is 10.1 Å². The summed E-state index contributed by atoms with van der Waals surface area (Å²) in [5, 5.41) is 18.5. The van der Waals surface area contributed by atoms with E-state index in [9.17, 15) is 19.7 Å². The predicted octanol–water partition coefficient (Wildman–Crippen LogP) is 7.84. The number of nitrogens with one attached hydrogen (secondary N) is 2.